The molecular weight excluding hydrogens is 358 g/mol. The summed E-state index contributed by atoms with van der Waals surface area (Å²) in [6, 6.07) is 0. The average Bonchev–Trinajstić information content (AvgIpc) is 2.62. The first-order valence-electron chi connectivity index (χ1n) is 10.6. The van der Waals surface area contributed by atoms with E-state index in [0.717, 1.165) is 25.7 Å². The van der Waals surface area contributed by atoms with E-state index in [4.69, 9.17) is 0 Å². The fourth-order valence-corrected chi connectivity index (χ4v) is 3.68. The molecule has 0 bridgehead atoms. The lowest BCUT2D eigenvalue weighted by Gasteiger charge is -2.41. The zero-order chi connectivity index (χ0) is 21.3. The fraction of sp³-hybridized carbons (Fsp3) is 0.773. The van der Waals surface area contributed by atoms with Crippen molar-refractivity contribution >= 4 is 5.97 Å². The Labute approximate surface area is 170 Å². The summed E-state index contributed by atoms with van der Waals surface area (Å²) in [5.41, 5.74) is 0. The van der Waals surface area contributed by atoms with Gasteiger partial charge in [-0.3, -0.25) is 0 Å². The summed E-state index contributed by atoms with van der Waals surface area (Å²) < 4.78 is 0.333. The Balaban J connectivity index is 4.96. The molecule has 0 aliphatic carbocycles. The molecule has 0 saturated heterocycles. The first-order chi connectivity index (χ1) is 13.4. The van der Waals surface area contributed by atoms with Crippen LogP contribution in [0.1, 0.15) is 65.2 Å². The first kappa shape index (κ1) is 26.8. The SMILES string of the molecule is C/C=C/CCCC(O)C[N+](CCO)(CCCC(=O)[O-])CC(O)CCC/C=C/C. The van der Waals surface area contributed by atoms with E-state index in [-0.39, 0.29) is 13.0 Å². The lowest BCUT2D eigenvalue weighted by molar-refractivity contribution is -0.934. The third-order valence-electron chi connectivity index (χ3n) is 5.07. The van der Waals surface area contributed by atoms with Gasteiger partial charge < -0.3 is 29.7 Å². The van der Waals surface area contributed by atoms with Crippen LogP contribution in [0.4, 0.5) is 0 Å². The number of allylic oxidation sites excluding steroid dienone is 4. The number of rotatable bonds is 18. The van der Waals surface area contributed by atoms with Crippen molar-refractivity contribution in [3.8, 4) is 0 Å². The Morgan fingerprint density at radius 2 is 1.43 bits per heavy atom. The molecule has 0 fully saturated rings. The summed E-state index contributed by atoms with van der Waals surface area (Å²) >= 11 is 0. The maximum Gasteiger partial charge on any atom is 0.105 e. The van der Waals surface area contributed by atoms with E-state index >= 15 is 0 Å². The van der Waals surface area contributed by atoms with E-state index in [0.29, 0.717) is 49.9 Å². The summed E-state index contributed by atoms with van der Waals surface area (Å²) in [5.74, 6) is -1.10. The van der Waals surface area contributed by atoms with Crippen molar-refractivity contribution in [3.05, 3.63) is 24.3 Å². The topological polar surface area (TPSA) is 101 Å². The highest BCUT2D eigenvalue weighted by atomic mass is 16.4. The highest BCUT2D eigenvalue weighted by Gasteiger charge is 2.32. The molecule has 0 rings (SSSR count). The lowest BCUT2D eigenvalue weighted by atomic mass is 10.1. The maximum atomic E-state index is 10.8. The number of hydrogen-bond acceptors (Lipinski definition) is 5. The Hall–Kier alpha value is -1.21. The van der Waals surface area contributed by atoms with E-state index in [1.165, 1.54) is 0 Å². The monoisotopic (exact) mass is 399 g/mol. The van der Waals surface area contributed by atoms with Gasteiger partial charge >= 0.3 is 0 Å². The number of unbranched alkanes of at least 4 members (excludes halogenated alkanes) is 2. The number of carboxylic acid groups (broad SMARTS) is 1. The van der Waals surface area contributed by atoms with Crippen molar-refractivity contribution in [2.24, 2.45) is 0 Å². The van der Waals surface area contributed by atoms with Crippen LogP contribution in [-0.2, 0) is 4.79 Å². The van der Waals surface area contributed by atoms with Gasteiger partial charge in [0.1, 0.15) is 31.8 Å². The van der Waals surface area contributed by atoms with Crippen LogP contribution in [0.2, 0.25) is 0 Å². The van der Waals surface area contributed by atoms with E-state index < -0.39 is 18.2 Å². The smallest absolute Gasteiger partial charge is 0.105 e. The number of aliphatic hydroxyl groups excluding tert-OH is 3. The van der Waals surface area contributed by atoms with Gasteiger partial charge in [-0.25, -0.2) is 0 Å². The van der Waals surface area contributed by atoms with Crippen LogP contribution in [0, 0.1) is 0 Å². The number of aliphatic carboxylic acids is 1. The fourth-order valence-electron chi connectivity index (χ4n) is 3.68. The number of quaternary nitrogens is 1. The predicted octanol–water partition coefficient (Wildman–Crippen LogP) is 1.54. The molecule has 0 saturated carbocycles. The van der Waals surface area contributed by atoms with Gasteiger partial charge in [0.05, 0.1) is 13.2 Å². The van der Waals surface area contributed by atoms with Gasteiger partial charge in [-0.15, -0.1) is 0 Å². The molecule has 2 atom stereocenters. The quantitative estimate of drug-likeness (QED) is 0.184. The van der Waals surface area contributed by atoms with Gasteiger partial charge in [0.2, 0.25) is 0 Å². The number of carbonyl (C=O) groups excluding carboxylic acids is 1. The lowest BCUT2D eigenvalue weighted by Crippen LogP contribution is -2.57. The van der Waals surface area contributed by atoms with Crippen molar-refractivity contribution in [2.75, 3.05) is 32.8 Å². The van der Waals surface area contributed by atoms with Crippen LogP contribution in [0.25, 0.3) is 0 Å². The normalized spacial score (nSPS) is 16.5. The molecule has 0 heterocycles. The standard InChI is InChI=1S/C22H41NO5/c1-3-5-7-9-12-20(25)18-23(16-17-24,15-11-14-22(27)28)19-21(26)13-10-8-6-4-2/h3-6,20-21,24-26H,7-19H2,1-2H3/b5-3+,6-4+. The molecule has 0 aliphatic rings. The van der Waals surface area contributed by atoms with Crippen LogP contribution in [0.5, 0.6) is 0 Å². The Morgan fingerprint density at radius 3 is 1.82 bits per heavy atom. The summed E-state index contributed by atoms with van der Waals surface area (Å²) in [4.78, 5) is 10.8. The number of aliphatic hydroxyl groups is 3. The second-order valence-corrected chi connectivity index (χ2v) is 7.66. The summed E-state index contributed by atoms with van der Waals surface area (Å²) in [5, 5.41) is 41.5. The molecule has 2 unspecified atom stereocenters. The minimum atomic E-state index is -1.10. The molecular formula is C22H41NO5. The third kappa shape index (κ3) is 13.9. The van der Waals surface area contributed by atoms with Crippen molar-refractivity contribution < 1.29 is 29.7 Å². The van der Waals surface area contributed by atoms with E-state index in [1.54, 1.807) is 0 Å². The molecule has 0 amide bonds. The van der Waals surface area contributed by atoms with Crippen LogP contribution >= 0.6 is 0 Å². The van der Waals surface area contributed by atoms with Gasteiger partial charge in [0.15, 0.2) is 0 Å². The van der Waals surface area contributed by atoms with Gasteiger partial charge in [-0.2, -0.15) is 0 Å². The molecule has 0 spiro atoms. The van der Waals surface area contributed by atoms with E-state index in [2.05, 4.69) is 12.2 Å². The zero-order valence-corrected chi connectivity index (χ0v) is 17.8. The molecule has 0 radical (unpaired) electrons. The van der Waals surface area contributed by atoms with Crippen LogP contribution in [-0.4, -0.2) is 70.8 Å². The molecule has 164 valence electrons. The van der Waals surface area contributed by atoms with Gasteiger partial charge in [-0.1, -0.05) is 24.3 Å². The Morgan fingerprint density at radius 1 is 0.929 bits per heavy atom. The average molecular weight is 400 g/mol. The van der Waals surface area contributed by atoms with Crippen molar-refractivity contribution in [2.45, 2.75) is 77.4 Å². The second-order valence-electron chi connectivity index (χ2n) is 7.66. The molecule has 0 aromatic heterocycles. The van der Waals surface area contributed by atoms with Crippen molar-refractivity contribution in [3.63, 3.8) is 0 Å². The Kier molecular flexibility index (Phi) is 16.0. The van der Waals surface area contributed by atoms with Gasteiger partial charge in [-0.05, 0) is 58.8 Å². The largest absolute Gasteiger partial charge is 0.550 e. The molecule has 0 aromatic carbocycles. The Bertz CT molecular complexity index is 424. The van der Waals surface area contributed by atoms with Gasteiger partial charge in [0, 0.05) is 12.4 Å². The summed E-state index contributed by atoms with van der Waals surface area (Å²) in [6.07, 6.45) is 12.2. The number of carboxylic acids is 1. The second kappa shape index (κ2) is 16.7. The molecule has 6 nitrogen and oxygen atoms in total. The molecule has 28 heavy (non-hydrogen) atoms. The third-order valence-corrected chi connectivity index (χ3v) is 5.07. The minimum Gasteiger partial charge on any atom is -0.550 e. The van der Waals surface area contributed by atoms with Crippen LogP contribution in [0.15, 0.2) is 24.3 Å². The first-order valence-corrected chi connectivity index (χ1v) is 10.6. The van der Waals surface area contributed by atoms with E-state index in [1.807, 2.05) is 26.0 Å². The maximum absolute atomic E-state index is 10.8. The van der Waals surface area contributed by atoms with Crippen molar-refractivity contribution in [1.29, 1.82) is 0 Å². The van der Waals surface area contributed by atoms with Gasteiger partial charge in [0.25, 0.3) is 0 Å². The predicted molar refractivity (Wildman–Crippen MR) is 110 cm³/mol. The summed E-state index contributed by atoms with van der Waals surface area (Å²) in [6.45, 7) is 5.58. The number of nitrogens with zero attached hydrogens (tertiary/aromatic N) is 1. The number of carbonyl (C=O) groups is 1. The zero-order valence-electron chi connectivity index (χ0n) is 17.8. The molecule has 6 heteroatoms. The van der Waals surface area contributed by atoms with Crippen LogP contribution in [0.3, 0.4) is 0 Å². The van der Waals surface area contributed by atoms with E-state index in [9.17, 15) is 25.2 Å². The molecule has 0 aromatic rings. The summed E-state index contributed by atoms with van der Waals surface area (Å²) in [7, 11) is 0. The molecule has 3 N–H and O–H groups in total. The number of hydrogen-bond donors (Lipinski definition) is 3. The highest BCUT2D eigenvalue weighted by Crippen LogP contribution is 2.17. The molecule has 0 aliphatic heterocycles. The van der Waals surface area contributed by atoms with Crippen LogP contribution < -0.4 is 5.11 Å². The van der Waals surface area contributed by atoms with Crippen molar-refractivity contribution in [1.82, 2.24) is 0 Å². The highest BCUT2D eigenvalue weighted by molar-refractivity contribution is 5.64. The minimum absolute atomic E-state index is 0.0553.